The van der Waals surface area contributed by atoms with Crippen molar-refractivity contribution in [3.05, 3.63) is 35.6 Å². The third-order valence-electron chi connectivity index (χ3n) is 2.93. The third kappa shape index (κ3) is 3.74. The Morgan fingerprint density at radius 3 is 2.58 bits per heavy atom. The normalized spacial score (nSPS) is 17.8. The van der Waals surface area contributed by atoms with E-state index >= 15 is 0 Å². The Labute approximate surface area is 111 Å². The maximum absolute atomic E-state index is 12.8. The molecule has 0 aliphatic carbocycles. The predicted molar refractivity (Wildman–Crippen MR) is 68.2 cm³/mol. The van der Waals surface area contributed by atoms with E-state index in [0.717, 1.165) is 0 Å². The Morgan fingerprint density at radius 2 is 1.89 bits per heavy atom. The molecule has 1 fully saturated rings. The van der Waals surface area contributed by atoms with Crippen molar-refractivity contribution in [3.63, 3.8) is 0 Å². The molecule has 19 heavy (non-hydrogen) atoms. The van der Waals surface area contributed by atoms with Crippen molar-refractivity contribution in [2.45, 2.75) is 12.2 Å². The number of carbonyl (C=O) groups excluding carboxylic acids is 1. The van der Waals surface area contributed by atoms with E-state index in [1.807, 2.05) is 0 Å². The smallest absolute Gasteiger partial charge is 0.221 e. The Hall–Kier alpha value is -1.47. The highest BCUT2D eigenvalue weighted by atomic mass is 32.2. The average molecular weight is 286 g/mol. The Balaban J connectivity index is 2.09. The molecule has 0 radical (unpaired) electrons. The molecule has 1 aliphatic heterocycles. The van der Waals surface area contributed by atoms with Gasteiger partial charge in [0.1, 0.15) is 5.82 Å². The summed E-state index contributed by atoms with van der Waals surface area (Å²) in [5.41, 5.74) is 0.532. The van der Waals surface area contributed by atoms with Crippen molar-refractivity contribution in [1.82, 2.24) is 9.62 Å². The first-order valence-electron chi connectivity index (χ1n) is 5.96. The van der Waals surface area contributed by atoms with Crippen LogP contribution < -0.4 is 5.32 Å². The largest absolute Gasteiger partial charge is 0.355 e. The second-order valence-corrected chi connectivity index (χ2v) is 6.35. The Kier molecular flexibility index (Phi) is 4.16. The highest BCUT2D eigenvalue weighted by Crippen LogP contribution is 2.13. The first kappa shape index (κ1) is 14.0. The summed E-state index contributed by atoms with van der Waals surface area (Å²) >= 11 is 0. The molecule has 1 heterocycles. The van der Waals surface area contributed by atoms with Gasteiger partial charge in [-0.15, -0.1) is 0 Å². The number of hydrogen-bond acceptors (Lipinski definition) is 3. The van der Waals surface area contributed by atoms with Gasteiger partial charge in [0.25, 0.3) is 0 Å². The van der Waals surface area contributed by atoms with Gasteiger partial charge >= 0.3 is 0 Å². The molecule has 0 unspecified atom stereocenters. The fourth-order valence-corrected chi connectivity index (χ4v) is 3.44. The zero-order valence-corrected chi connectivity index (χ0v) is 11.1. The minimum absolute atomic E-state index is 0.139. The highest BCUT2D eigenvalue weighted by molar-refractivity contribution is 7.88. The summed E-state index contributed by atoms with van der Waals surface area (Å²) in [4.78, 5) is 11.2. The van der Waals surface area contributed by atoms with Crippen LogP contribution in [0.5, 0.6) is 0 Å². The molecule has 1 amide bonds. The summed E-state index contributed by atoms with van der Waals surface area (Å²) < 4.78 is 38.5. The van der Waals surface area contributed by atoms with Crippen molar-refractivity contribution in [3.8, 4) is 0 Å². The number of nitrogens with zero attached hydrogens (tertiary/aromatic N) is 1. The lowest BCUT2D eigenvalue weighted by atomic mass is 10.2. The van der Waals surface area contributed by atoms with Crippen LogP contribution in [0.25, 0.3) is 0 Å². The molecular formula is C12H15FN2O3S. The Bertz CT molecular complexity index is 557. The number of amides is 1. The first-order chi connectivity index (χ1) is 8.97. The summed E-state index contributed by atoms with van der Waals surface area (Å²) in [5, 5.41) is 2.62. The van der Waals surface area contributed by atoms with Gasteiger partial charge in [0.05, 0.1) is 5.75 Å². The Morgan fingerprint density at radius 1 is 1.21 bits per heavy atom. The lowest BCUT2D eigenvalue weighted by Gasteiger charge is -2.19. The first-order valence-corrected chi connectivity index (χ1v) is 7.57. The van der Waals surface area contributed by atoms with E-state index in [1.54, 1.807) is 0 Å². The average Bonchev–Trinajstić information content (AvgIpc) is 2.57. The van der Waals surface area contributed by atoms with Gasteiger partial charge in [0, 0.05) is 26.1 Å². The lowest BCUT2D eigenvalue weighted by molar-refractivity contribution is -0.120. The highest BCUT2D eigenvalue weighted by Gasteiger charge is 2.25. The quantitative estimate of drug-likeness (QED) is 0.879. The fourth-order valence-electron chi connectivity index (χ4n) is 1.91. The number of carbonyl (C=O) groups is 1. The van der Waals surface area contributed by atoms with Crippen molar-refractivity contribution in [1.29, 1.82) is 0 Å². The minimum atomic E-state index is -3.48. The van der Waals surface area contributed by atoms with Crippen LogP contribution in [0.15, 0.2) is 24.3 Å². The van der Waals surface area contributed by atoms with E-state index in [1.165, 1.54) is 28.6 Å². The van der Waals surface area contributed by atoms with Crippen molar-refractivity contribution < 1.29 is 17.6 Å². The molecule has 5 nitrogen and oxygen atoms in total. The molecule has 1 saturated heterocycles. The van der Waals surface area contributed by atoms with Crippen LogP contribution in [-0.4, -0.2) is 38.3 Å². The second-order valence-electron chi connectivity index (χ2n) is 4.38. The van der Waals surface area contributed by atoms with Crippen molar-refractivity contribution in [2.24, 2.45) is 0 Å². The second kappa shape index (κ2) is 5.66. The fraction of sp³-hybridized carbons (Fsp3) is 0.417. The maximum atomic E-state index is 12.8. The number of nitrogens with one attached hydrogen (secondary N) is 1. The van der Waals surface area contributed by atoms with Gasteiger partial charge in [-0.2, -0.15) is 4.31 Å². The molecule has 1 aromatic carbocycles. The van der Waals surface area contributed by atoms with E-state index in [9.17, 15) is 17.6 Å². The zero-order chi connectivity index (χ0) is 13.9. The molecule has 0 bridgehead atoms. The van der Waals surface area contributed by atoms with E-state index < -0.39 is 15.8 Å². The number of hydrogen-bond donors (Lipinski definition) is 1. The maximum Gasteiger partial charge on any atom is 0.221 e. The standard InChI is InChI=1S/C12H15FN2O3S/c13-11-3-1-10(2-4-11)9-19(17,18)15-7-5-12(16)14-6-8-15/h1-4H,5-9H2,(H,14,16). The number of benzene rings is 1. The molecule has 0 saturated carbocycles. The molecule has 7 heteroatoms. The van der Waals surface area contributed by atoms with Gasteiger partial charge in [-0.05, 0) is 17.7 Å². The van der Waals surface area contributed by atoms with Gasteiger partial charge in [0.15, 0.2) is 0 Å². The minimum Gasteiger partial charge on any atom is -0.355 e. The molecule has 1 aliphatic rings. The molecule has 2 rings (SSSR count). The van der Waals surface area contributed by atoms with E-state index in [2.05, 4.69) is 5.32 Å². The summed E-state index contributed by atoms with van der Waals surface area (Å²) in [6.45, 7) is 0.784. The van der Waals surface area contributed by atoms with Crippen LogP contribution in [0.2, 0.25) is 0 Å². The predicted octanol–water partition coefficient (Wildman–Crippen LogP) is 0.477. The van der Waals surface area contributed by atoms with Crippen LogP contribution >= 0.6 is 0 Å². The molecule has 0 spiro atoms. The van der Waals surface area contributed by atoms with Gasteiger partial charge < -0.3 is 5.32 Å². The van der Waals surface area contributed by atoms with E-state index in [0.29, 0.717) is 12.1 Å². The molecule has 1 aromatic rings. The summed E-state index contributed by atoms with van der Waals surface area (Å²) in [5.74, 6) is -0.716. The van der Waals surface area contributed by atoms with Crippen LogP contribution in [0, 0.1) is 5.82 Å². The monoisotopic (exact) mass is 286 g/mol. The number of halogens is 1. The zero-order valence-electron chi connectivity index (χ0n) is 10.3. The summed E-state index contributed by atoms with van der Waals surface area (Å²) in [6, 6.07) is 5.37. The van der Waals surface area contributed by atoms with Crippen molar-refractivity contribution in [2.75, 3.05) is 19.6 Å². The molecule has 0 atom stereocenters. The molecule has 104 valence electrons. The van der Waals surface area contributed by atoms with Gasteiger partial charge in [0.2, 0.25) is 15.9 Å². The van der Waals surface area contributed by atoms with Crippen LogP contribution in [0.3, 0.4) is 0 Å². The number of rotatable bonds is 3. The topological polar surface area (TPSA) is 66.5 Å². The van der Waals surface area contributed by atoms with Crippen LogP contribution in [0.4, 0.5) is 4.39 Å². The van der Waals surface area contributed by atoms with Gasteiger partial charge in [-0.1, -0.05) is 12.1 Å². The molecule has 0 aromatic heterocycles. The van der Waals surface area contributed by atoms with Crippen LogP contribution in [-0.2, 0) is 20.6 Å². The lowest BCUT2D eigenvalue weighted by Crippen LogP contribution is -2.35. The van der Waals surface area contributed by atoms with E-state index in [4.69, 9.17) is 0 Å². The van der Waals surface area contributed by atoms with Gasteiger partial charge in [-0.3, -0.25) is 4.79 Å². The summed E-state index contributed by atoms with van der Waals surface area (Å²) in [7, 11) is -3.48. The summed E-state index contributed by atoms with van der Waals surface area (Å²) in [6.07, 6.45) is 0.169. The van der Waals surface area contributed by atoms with Gasteiger partial charge in [-0.25, -0.2) is 12.8 Å². The third-order valence-corrected chi connectivity index (χ3v) is 4.78. The number of sulfonamides is 1. The van der Waals surface area contributed by atoms with E-state index in [-0.39, 0.29) is 31.2 Å². The van der Waals surface area contributed by atoms with Crippen molar-refractivity contribution >= 4 is 15.9 Å². The SMILES string of the molecule is O=C1CCN(S(=O)(=O)Cc2ccc(F)cc2)CCN1. The molecular weight excluding hydrogens is 271 g/mol. The molecule has 1 N–H and O–H groups in total. The van der Waals surface area contributed by atoms with Crippen LogP contribution in [0.1, 0.15) is 12.0 Å².